The van der Waals surface area contributed by atoms with Crippen molar-refractivity contribution in [1.29, 1.82) is 0 Å². The third-order valence-electron chi connectivity index (χ3n) is 3.07. The quantitative estimate of drug-likeness (QED) is 0.774. The number of amides is 2. The third kappa shape index (κ3) is 4.26. The summed E-state index contributed by atoms with van der Waals surface area (Å²) in [6, 6.07) is 8.82. The van der Waals surface area contributed by atoms with E-state index in [1.54, 1.807) is 36.5 Å². The van der Waals surface area contributed by atoms with Gasteiger partial charge in [0.2, 0.25) is 0 Å². The molecular weight excluding hydrogens is 323 g/mol. The van der Waals surface area contributed by atoms with E-state index in [-0.39, 0.29) is 6.03 Å². The first-order valence-electron chi connectivity index (χ1n) is 6.85. The van der Waals surface area contributed by atoms with Crippen LogP contribution in [-0.4, -0.2) is 17.1 Å². The lowest BCUT2D eigenvalue weighted by Crippen LogP contribution is -2.30. The van der Waals surface area contributed by atoms with Gasteiger partial charge in [0.05, 0.1) is 11.9 Å². The fourth-order valence-electron chi connectivity index (χ4n) is 1.90. The Labute approximate surface area is 138 Å². The van der Waals surface area contributed by atoms with Crippen LogP contribution in [0.15, 0.2) is 36.5 Å². The number of hydrogen-bond donors (Lipinski definition) is 3. The monoisotopic (exact) mass is 336 g/mol. The smallest absolute Gasteiger partial charge is 0.319 e. The minimum atomic E-state index is -0.202. The molecule has 22 heavy (non-hydrogen) atoms. The van der Waals surface area contributed by atoms with E-state index in [1.807, 2.05) is 0 Å². The minimum Gasteiger partial charge on any atom is -0.340 e. The highest BCUT2D eigenvalue weighted by atomic mass is 35.5. The van der Waals surface area contributed by atoms with Crippen LogP contribution >= 0.6 is 23.2 Å². The second kappa shape index (κ2) is 6.42. The Morgan fingerprint density at radius 1 is 1.09 bits per heavy atom. The molecule has 0 unspecified atom stereocenters. The molecule has 2 aromatic rings. The fraction of sp³-hybridized carbons (Fsp3) is 0.200. The predicted molar refractivity (Wildman–Crippen MR) is 89.2 cm³/mol. The van der Waals surface area contributed by atoms with Gasteiger partial charge in [0.1, 0.15) is 5.82 Å². The number of halogens is 2. The van der Waals surface area contributed by atoms with Crippen LogP contribution in [0.25, 0.3) is 0 Å². The molecule has 0 radical (unpaired) electrons. The molecular formula is C15H14Cl2N4O. The van der Waals surface area contributed by atoms with Gasteiger partial charge in [-0.05, 0) is 43.2 Å². The van der Waals surface area contributed by atoms with Gasteiger partial charge in [0, 0.05) is 21.8 Å². The van der Waals surface area contributed by atoms with Crippen LogP contribution in [0.4, 0.5) is 22.0 Å². The first-order chi connectivity index (χ1) is 10.6. The van der Waals surface area contributed by atoms with E-state index in [1.165, 1.54) is 0 Å². The molecule has 1 saturated carbocycles. The Morgan fingerprint density at radius 2 is 1.82 bits per heavy atom. The van der Waals surface area contributed by atoms with Crippen molar-refractivity contribution in [2.75, 3.05) is 10.6 Å². The van der Waals surface area contributed by atoms with E-state index in [9.17, 15) is 4.79 Å². The van der Waals surface area contributed by atoms with Crippen molar-refractivity contribution in [3.63, 3.8) is 0 Å². The Bertz CT molecular complexity index is 666. The molecule has 1 aromatic heterocycles. The number of aromatic nitrogens is 1. The Balaban J connectivity index is 1.61. The number of pyridine rings is 1. The van der Waals surface area contributed by atoms with Crippen LogP contribution < -0.4 is 16.0 Å². The van der Waals surface area contributed by atoms with Gasteiger partial charge in [0.15, 0.2) is 0 Å². The first-order valence-corrected chi connectivity index (χ1v) is 7.61. The molecule has 1 aliphatic rings. The molecule has 0 spiro atoms. The predicted octanol–water partition coefficient (Wildman–Crippen LogP) is 4.42. The molecule has 2 amide bonds. The van der Waals surface area contributed by atoms with Gasteiger partial charge in [-0.1, -0.05) is 23.2 Å². The van der Waals surface area contributed by atoms with E-state index >= 15 is 0 Å². The van der Waals surface area contributed by atoms with E-state index in [0.29, 0.717) is 27.6 Å². The normalized spacial score (nSPS) is 13.5. The number of nitrogens with one attached hydrogen (secondary N) is 3. The number of carbonyl (C=O) groups excluding carboxylic acids is 1. The summed E-state index contributed by atoms with van der Waals surface area (Å²) in [5, 5.41) is 9.78. The van der Waals surface area contributed by atoms with Gasteiger partial charge >= 0.3 is 6.03 Å². The van der Waals surface area contributed by atoms with Crippen molar-refractivity contribution in [3.8, 4) is 0 Å². The summed E-state index contributed by atoms with van der Waals surface area (Å²) in [5.41, 5.74) is 1.38. The van der Waals surface area contributed by atoms with Gasteiger partial charge < -0.3 is 16.0 Å². The highest BCUT2D eigenvalue weighted by Gasteiger charge is 2.23. The molecule has 1 fully saturated rings. The summed E-state index contributed by atoms with van der Waals surface area (Å²) in [6.45, 7) is 0. The van der Waals surface area contributed by atoms with Gasteiger partial charge in [-0.15, -0.1) is 0 Å². The second-order valence-corrected chi connectivity index (χ2v) is 5.96. The average molecular weight is 337 g/mol. The molecule has 7 heteroatoms. The third-order valence-corrected chi connectivity index (χ3v) is 3.51. The molecule has 3 N–H and O–H groups in total. The molecule has 0 saturated heterocycles. The summed E-state index contributed by atoms with van der Waals surface area (Å²) in [6.07, 6.45) is 3.69. The number of benzene rings is 1. The van der Waals surface area contributed by atoms with Crippen LogP contribution in [0.5, 0.6) is 0 Å². The maximum atomic E-state index is 11.6. The number of anilines is 3. The van der Waals surface area contributed by atoms with Crippen molar-refractivity contribution >= 4 is 46.4 Å². The molecule has 1 heterocycles. The molecule has 3 rings (SSSR count). The zero-order chi connectivity index (χ0) is 15.5. The number of hydrogen-bond acceptors (Lipinski definition) is 3. The Morgan fingerprint density at radius 3 is 2.41 bits per heavy atom. The van der Waals surface area contributed by atoms with Crippen LogP contribution in [0.1, 0.15) is 12.8 Å². The molecule has 114 valence electrons. The van der Waals surface area contributed by atoms with E-state index in [2.05, 4.69) is 20.9 Å². The van der Waals surface area contributed by atoms with Crippen LogP contribution in [0, 0.1) is 0 Å². The largest absolute Gasteiger partial charge is 0.340 e. The maximum Gasteiger partial charge on any atom is 0.319 e. The van der Waals surface area contributed by atoms with Crippen LogP contribution in [-0.2, 0) is 0 Å². The van der Waals surface area contributed by atoms with Gasteiger partial charge in [-0.2, -0.15) is 0 Å². The molecule has 1 aliphatic carbocycles. The zero-order valence-electron chi connectivity index (χ0n) is 11.6. The van der Waals surface area contributed by atoms with Crippen molar-refractivity contribution < 1.29 is 4.79 Å². The maximum absolute atomic E-state index is 11.6. The molecule has 0 aliphatic heterocycles. The highest BCUT2D eigenvalue weighted by Crippen LogP contribution is 2.25. The van der Waals surface area contributed by atoms with Gasteiger partial charge in [-0.3, -0.25) is 0 Å². The number of rotatable bonds is 4. The van der Waals surface area contributed by atoms with E-state index in [0.717, 1.165) is 18.5 Å². The van der Waals surface area contributed by atoms with Gasteiger partial charge in [0.25, 0.3) is 0 Å². The van der Waals surface area contributed by atoms with Crippen LogP contribution in [0.2, 0.25) is 10.0 Å². The Kier molecular flexibility index (Phi) is 4.36. The molecule has 0 atom stereocenters. The molecule has 5 nitrogen and oxygen atoms in total. The average Bonchev–Trinajstić information content (AvgIpc) is 3.23. The van der Waals surface area contributed by atoms with E-state index in [4.69, 9.17) is 23.2 Å². The number of urea groups is 1. The summed E-state index contributed by atoms with van der Waals surface area (Å²) in [7, 11) is 0. The summed E-state index contributed by atoms with van der Waals surface area (Å²) in [4.78, 5) is 15.9. The summed E-state index contributed by atoms with van der Waals surface area (Å²) in [5.74, 6) is 0.631. The zero-order valence-corrected chi connectivity index (χ0v) is 13.1. The lowest BCUT2D eigenvalue weighted by molar-refractivity contribution is 0.251. The number of nitrogens with zero attached hydrogens (tertiary/aromatic N) is 1. The summed E-state index contributed by atoms with van der Waals surface area (Å²) < 4.78 is 0. The van der Waals surface area contributed by atoms with Crippen LogP contribution in [0.3, 0.4) is 0 Å². The SMILES string of the molecule is O=C(Nc1ccc(Nc2cc(Cl)cc(Cl)c2)nc1)NC1CC1. The highest BCUT2D eigenvalue weighted by molar-refractivity contribution is 6.35. The topological polar surface area (TPSA) is 66.0 Å². The second-order valence-electron chi connectivity index (χ2n) is 5.09. The van der Waals surface area contributed by atoms with E-state index < -0.39 is 0 Å². The van der Waals surface area contributed by atoms with Gasteiger partial charge in [-0.25, -0.2) is 9.78 Å². The Hall–Kier alpha value is -1.98. The van der Waals surface area contributed by atoms with Crippen molar-refractivity contribution in [1.82, 2.24) is 10.3 Å². The lowest BCUT2D eigenvalue weighted by Gasteiger charge is -2.09. The lowest BCUT2D eigenvalue weighted by atomic mass is 10.3. The molecule has 0 bridgehead atoms. The van der Waals surface area contributed by atoms with Crippen molar-refractivity contribution in [2.24, 2.45) is 0 Å². The minimum absolute atomic E-state index is 0.202. The molecule has 1 aromatic carbocycles. The van der Waals surface area contributed by atoms with Crippen molar-refractivity contribution in [2.45, 2.75) is 18.9 Å². The first kappa shape index (κ1) is 14.9. The number of carbonyl (C=O) groups is 1. The standard InChI is InChI=1S/C15H14Cl2N4O/c16-9-5-10(17)7-13(6-9)19-14-4-3-12(8-18-14)21-15(22)20-11-1-2-11/h3-8,11H,1-2H2,(H,18,19)(H2,20,21,22). The summed E-state index contributed by atoms with van der Waals surface area (Å²) >= 11 is 11.9. The van der Waals surface area contributed by atoms with Crippen molar-refractivity contribution in [3.05, 3.63) is 46.6 Å². The fourth-order valence-corrected chi connectivity index (χ4v) is 2.42.